The predicted molar refractivity (Wildman–Crippen MR) is 110 cm³/mol. The van der Waals surface area contributed by atoms with Crippen molar-refractivity contribution in [2.75, 3.05) is 13.2 Å². The maximum atomic E-state index is 12.2. The third-order valence-corrected chi connectivity index (χ3v) is 4.01. The van der Waals surface area contributed by atoms with Gasteiger partial charge in [-0.15, -0.1) is 0 Å². The zero-order valence-electron chi connectivity index (χ0n) is 15.3. The van der Waals surface area contributed by atoms with E-state index < -0.39 is 5.91 Å². The van der Waals surface area contributed by atoms with E-state index in [1.807, 2.05) is 32.0 Å². The molecule has 1 N–H and O–H groups in total. The Hall–Kier alpha value is -2.24. The second-order valence-electron chi connectivity index (χ2n) is 5.72. The van der Waals surface area contributed by atoms with Gasteiger partial charge in [0.05, 0.1) is 30.0 Å². The van der Waals surface area contributed by atoms with Gasteiger partial charge in [-0.1, -0.05) is 37.0 Å². The standard InChI is InChI=1S/C20H22Cl2N2O3/c1-3-9-26-16-7-5-14(19(12-16)27-10-4-2)13-23-24-20(25)17-8-6-15(21)11-18(17)22/h5-8,11-13H,3-4,9-10H2,1-2H3,(H,24,25)/b23-13-. The van der Waals surface area contributed by atoms with Crippen LogP contribution in [0.15, 0.2) is 41.5 Å². The van der Waals surface area contributed by atoms with E-state index in [9.17, 15) is 4.79 Å². The van der Waals surface area contributed by atoms with Crippen LogP contribution in [0.3, 0.4) is 0 Å². The second kappa shape index (κ2) is 10.8. The lowest BCUT2D eigenvalue weighted by Gasteiger charge is -2.11. The molecule has 0 aliphatic heterocycles. The number of hydrogen-bond donors (Lipinski definition) is 1. The molecule has 1 amide bonds. The molecule has 0 aromatic heterocycles. The zero-order valence-corrected chi connectivity index (χ0v) is 16.8. The fraction of sp³-hybridized carbons (Fsp3) is 0.300. The van der Waals surface area contributed by atoms with Gasteiger partial charge >= 0.3 is 0 Å². The average Bonchev–Trinajstić information content (AvgIpc) is 2.65. The Morgan fingerprint density at radius 3 is 2.52 bits per heavy atom. The minimum atomic E-state index is -0.424. The molecule has 0 spiro atoms. The van der Waals surface area contributed by atoms with E-state index in [1.54, 1.807) is 12.1 Å². The number of hydrazone groups is 1. The minimum absolute atomic E-state index is 0.264. The van der Waals surface area contributed by atoms with Crippen LogP contribution in [-0.4, -0.2) is 25.3 Å². The predicted octanol–water partition coefficient (Wildman–Crippen LogP) is 5.33. The Morgan fingerprint density at radius 1 is 1.07 bits per heavy atom. The molecular formula is C20H22Cl2N2O3. The molecular weight excluding hydrogens is 387 g/mol. The summed E-state index contributed by atoms with van der Waals surface area (Å²) in [6.07, 6.45) is 3.33. The molecule has 2 rings (SSSR count). The summed E-state index contributed by atoms with van der Waals surface area (Å²) in [5, 5.41) is 4.73. The monoisotopic (exact) mass is 408 g/mol. The van der Waals surface area contributed by atoms with E-state index in [0.29, 0.717) is 29.5 Å². The highest BCUT2D eigenvalue weighted by Gasteiger charge is 2.10. The maximum absolute atomic E-state index is 12.2. The Labute approximate surface area is 169 Å². The SMILES string of the molecule is CCCOc1ccc(/C=N\NC(=O)c2ccc(Cl)cc2Cl)c(OCCC)c1. The Balaban J connectivity index is 2.10. The van der Waals surface area contributed by atoms with Gasteiger partial charge in [0.25, 0.3) is 5.91 Å². The van der Waals surface area contributed by atoms with Crippen LogP contribution in [0, 0.1) is 0 Å². The van der Waals surface area contributed by atoms with Crippen LogP contribution >= 0.6 is 23.2 Å². The Bertz CT molecular complexity index is 810. The van der Waals surface area contributed by atoms with Crippen LogP contribution < -0.4 is 14.9 Å². The highest BCUT2D eigenvalue weighted by molar-refractivity contribution is 6.36. The first-order valence-electron chi connectivity index (χ1n) is 8.73. The molecule has 2 aromatic carbocycles. The van der Waals surface area contributed by atoms with E-state index in [1.165, 1.54) is 12.3 Å². The van der Waals surface area contributed by atoms with E-state index >= 15 is 0 Å². The number of hydrogen-bond acceptors (Lipinski definition) is 4. The van der Waals surface area contributed by atoms with Gasteiger partial charge in [-0.25, -0.2) is 5.43 Å². The number of ether oxygens (including phenoxy) is 2. The molecule has 2 aromatic rings. The molecule has 0 unspecified atom stereocenters. The fourth-order valence-corrected chi connectivity index (χ4v) is 2.66. The zero-order chi connectivity index (χ0) is 19.6. The number of nitrogens with zero attached hydrogens (tertiary/aromatic N) is 1. The number of halogens is 2. The summed E-state index contributed by atoms with van der Waals surface area (Å²) in [4.78, 5) is 12.2. The van der Waals surface area contributed by atoms with Gasteiger partial charge in [-0.2, -0.15) is 5.10 Å². The number of carbonyl (C=O) groups excluding carboxylic acids is 1. The van der Waals surface area contributed by atoms with Crippen molar-refractivity contribution in [3.05, 3.63) is 57.6 Å². The quantitative estimate of drug-likeness (QED) is 0.450. The largest absolute Gasteiger partial charge is 0.493 e. The lowest BCUT2D eigenvalue weighted by atomic mass is 10.2. The van der Waals surface area contributed by atoms with Crippen molar-refractivity contribution in [1.82, 2.24) is 5.43 Å². The average molecular weight is 409 g/mol. The number of rotatable bonds is 9. The summed E-state index contributed by atoms with van der Waals surface area (Å²) in [5.41, 5.74) is 3.48. The lowest BCUT2D eigenvalue weighted by Crippen LogP contribution is -2.18. The highest BCUT2D eigenvalue weighted by Crippen LogP contribution is 2.24. The van der Waals surface area contributed by atoms with Crippen LogP contribution in [0.4, 0.5) is 0 Å². The summed E-state index contributed by atoms with van der Waals surface area (Å²) < 4.78 is 11.4. The number of nitrogens with one attached hydrogen (secondary N) is 1. The highest BCUT2D eigenvalue weighted by atomic mass is 35.5. The summed E-state index contributed by atoms with van der Waals surface area (Å²) in [6.45, 7) is 5.29. The third-order valence-electron chi connectivity index (χ3n) is 3.47. The molecule has 0 saturated heterocycles. The summed E-state index contributed by atoms with van der Waals surface area (Å²) in [5.74, 6) is 0.955. The smallest absolute Gasteiger partial charge is 0.272 e. The normalized spacial score (nSPS) is 10.8. The fourth-order valence-electron chi connectivity index (χ4n) is 2.16. The molecule has 5 nitrogen and oxygen atoms in total. The van der Waals surface area contributed by atoms with Crippen LogP contribution in [0.25, 0.3) is 0 Å². The number of benzene rings is 2. The maximum Gasteiger partial charge on any atom is 0.272 e. The first-order valence-corrected chi connectivity index (χ1v) is 9.48. The number of carbonyl (C=O) groups is 1. The van der Waals surface area contributed by atoms with E-state index in [0.717, 1.165) is 24.2 Å². The number of amides is 1. The van der Waals surface area contributed by atoms with Crippen molar-refractivity contribution in [1.29, 1.82) is 0 Å². The molecule has 144 valence electrons. The molecule has 0 aliphatic carbocycles. The van der Waals surface area contributed by atoms with Gasteiger partial charge < -0.3 is 9.47 Å². The lowest BCUT2D eigenvalue weighted by molar-refractivity contribution is 0.0955. The first-order chi connectivity index (χ1) is 13.0. The second-order valence-corrected chi connectivity index (χ2v) is 6.56. The van der Waals surface area contributed by atoms with Crippen LogP contribution in [0.1, 0.15) is 42.6 Å². The summed E-state index contributed by atoms with van der Waals surface area (Å²) in [7, 11) is 0. The Kier molecular flexibility index (Phi) is 8.43. The molecule has 0 aliphatic rings. The van der Waals surface area contributed by atoms with Crippen molar-refractivity contribution < 1.29 is 14.3 Å². The van der Waals surface area contributed by atoms with E-state index in [4.69, 9.17) is 32.7 Å². The van der Waals surface area contributed by atoms with Gasteiger partial charge in [-0.05, 0) is 43.2 Å². The van der Waals surface area contributed by atoms with Crippen molar-refractivity contribution in [2.45, 2.75) is 26.7 Å². The van der Waals surface area contributed by atoms with Gasteiger partial charge in [-0.3, -0.25) is 4.79 Å². The molecule has 7 heteroatoms. The van der Waals surface area contributed by atoms with Crippen molar-refractivity contribution in [3.63, 3.8) is 0 Å². The molecule has 0 bridgehead atoms. The van der Waals surface area contributed by atoms with Crippen LogP contribution in [0.2, 0.25) is 10.0 Å². The van der Waals surface area contributed by atoms with Crippen molar-refractivity contribution in [2.24, 2.45) is 5.10 Å². The summed E-state index contributed by atoms with van der Waals surface area (Å²) >= 11 is 11.9. The van der Waals surface area contributed by atoms with E-state index in [2.05, 4.69) is 10.5 Å². The molecule has 0 radical (unpaired) electrons. The molecule has 0 atom stereocenters. The summed E-state index contributed by atoms with van der Waals surface area (Å²) in [6, 6.07) is 10.1. The van der Waals surface area contributed by atoms with E-state index in [-0.39, 0.29) is 5.02 Å². The molecule has 27 heavy (non-hydrogen) atoms. The first kappa shape index (κ1) is 21.1. The van der Waals surface area contributed by atoms with Crippen molar-refractivity contribution >= 4 is 35.3 Å². The molecule has 0 heterocycles. The topological polar surface area (TPSA) is 59.9 Å². The van der Waals surface area contributed by atoms with Gasteiger partial charge in [0, 0.05) is 16.7 Å². The van der Waals surface area contributed by atoms with Crippen molar-refractivity contribution in [3.8, 4) is 11.5 Å². The van der Waals surface area contributed by atoms with Gasteiger partial charge in [0.15, 0.2) is 0 Å². The molecule has 0 saturated carbocycles. The van der Waals surface area contributed by atoms with Crippen LogP contribution in [0.5, 0.6) is 11.5 Å². The Morgan fingerprint density at radius 2 is 1.81 bits per heavy atom. The molecule has 0 fully saturated rings. The van der Waals surface area contributed by atoms with Gasteiger partial charge in [0.2, 0.25) is 0 Å². The minimum Gasteiger partial charge on any atom is -0.493 e. The van der Waals surface area contributed by atoms with Crippen LogP contribution in [-0.2, 0) is 0 Å². The van der Waals surface area contributed by atoms with Gasteiger partial charge in [0.1, 0.15) is 11.5 Å². The third kappa shape index (κ3) is 6.45.